The van der Waals surface area contributed by atoms with Crippen molar-refractivity contribution in [3.63, 3.8) is 0 Å². The van der Waals surface area contributed by atoms with E-state index in [1.165, 1.54) is 0 Å². The summed E-state index contributed by atoms with van der Waals surface area (Å²) in [7, 11) is 0. The highest BCUT2D eigenvalue weighted by Crippen LogP contribution is 2.37. The molecule has 1 aromatic carbocycles. The Hall–Kier alpha value is -2.34. The minimum absolute atomic E-state index is 0.0157. The van der Waals surface area contributed by atoms with Crippen molar-refractivity contribution in [2.75, 3.05) is 6.61 Å². The van der Waals surface area contributed by atoms with Crippen molar-refractivity contribution in [2.24, 2.45) is 5.41 Å². The van der Waals surface area contributed by atoms with Crippen molar-refractivity contribution < 1.29 is 9.90 Å². The van der Waals surface area contributed by atoms with E-state index >= 15 is 0 Å². The predicted molar refractivity (Wildman–Crippen MR) is 96.5 cm³/mol. The number of aliphatic hydroxyl groups excluding tert-OH is 1. The number of aromatic nitrogens is 2. The molecule has 0 saturated heterocycles. The number of hydrogen-bond donors (Lipinski definition) is 3. The summed E-state index contributed by atoms with van der Waals surface area (Å²) in [4.78, 5) is 16.4. The lowest BCUT2D eigenvalue weighted by molar-refractivity contribution is 0.121. The zero-order chi connectivity index (χ0) is 17.9. The molecule has 0 bridgehead atoms. The molecule has 3 rings (SSSR count). The minimum Gasteiger partial charge on any atom is -0.396 e. The van der Waals surface area contributed by atoms with Gasteiger partial charge >= 0.3 is 6.03 Å². The van der Waals surface area contributed by atoms with Gasteiger partial charge in [-0.2, -0.15) is 0 Å². The Morgan fingerprint density at radius 2 is 2.36 bits per heavy atom. The van der Waals surface area contributed by atoms with Gasteiger partial charge in [-0.25, -0.2) is 9.78 Å². The van der Waals surface area contributed by atoms with E-state index in [2.05, 4.69) is 15.6 Å². The van der Waals surface area contributed by atoms with Crippen molar-refractivity contribution in [3.05, 3.63) is 48.5 Å². The molecule has 134 valence electrons. The molecule has 1 aliphatic rings. The zero-order valence-corrected chi connectivity index (χ0v) is 14.8. The number of hydrogen-bond acceptors (Lipinski definition) is 3. The normalized spacial score (nSPS) is 24.0. The van der Waals surface area contributed by atoms with Crippen LogP contribution in [0.3, 0.4) is 0 Å². The summed E-state index contributed by atoms with van der Waals surface area (Å²) < 4.78 is 1.93. The van der Waals surface area contributed by atoms with Crippen LogP contribution in [-0.2, 0) is 0 Å². The number of nitrogens with one attached hydrogen (secondary N) is 2. The highest BCUT2D eigenvalue weighted by atomic mass is 16.3. The van der Waals surface area contributed by atoms with Crippen LogP contribution < -0.4 is 10.6 Å². The molecule has 1 heterocycles. The van der Waals surface area contributed by atoms with Crippen LogP contribution in [-0.4, -0.2) is 33.3 Å². The fourth-order valence-corrected chi connectivity index (χ4v) is 3.51. The number of nitrogens with zero attached hydrogens (tertiary/aromatic N) is 2. The lowest BCUT2D eigenvalue weighted by Gasteiger charge is -2.30. The van der Waals surface area contributed by atoms with Crippen LogP contribution in [0.1, 0.15) is 44.7 Å². The first-order valence-electron chi connectivity index (χ1n) is 8.78. The number of carbonyl (C=O) groups excluding carboxylic acids is 1. The van der Waals surface area contributed by atoms with Crippen molar-refractivity contribution in [3.8, 4) is 5.69 Å². The average Bonchev–Trinajstić information content (AvgIpc) is 3.26. The highest BCUT2D eigenvalue weighted by Gasteiger charge is 2.39. The Bertz CT molecular complexity index is 716. The van der Waals surface area contributed by atoms with Gasteiger partial charge in [0.2, 0.25) is 0 Å². The van der Waals surface area contributed by atoms with E-state index in [1.807, 2.05) is 48.9 Å². The molecule has 1 saturated carbocycles. The first-order valence-corrected chi connectivity index (χ1v) is 8.78. The molecule has 0 aliphatic heterocycles. The van der Waals surface area contributed by atoms with Gasteiger partial charge in [0.05, 0.1) is 19.0 Å². The Labute approximate surface area is 148 Å². The molecule has 1 aromatic heterocycles. The third kappa shape index (κ3) is 3.85. The molecule has 6 heteroatoms. The number of benzene rings is 1. The Morgan fingerprint density at radius 1 is 1.52 bits per heavy atom. The van der Waals surface area contributed by atoms with E-state index in [4.69, 9.17) is 0 Å². The molecule has 25 heavy (non-hydrogen) atoms. The molecule has 3 atom stereocenters. The summed E-state index contributed by atoms with van der Waals surface area (Å²) in [5.74, 6) is 0. The van der Waals surface area contributed by atoms with Gasteiger partial charge in [-0.1, -0.05) is 25.5 Å². The first kappa shape index (κ1) is 17.5. The number of amides is 2. The molecule has 0 spiro atoms. The van der Waals surface area contributed by atoms with Gasteiger partial charge in [0.25, 0.3) is 0 Å². The number of carbonyl (C=O) groups is 1. The first-order chi connectivity index (χ1) is 12.0. The van der Waals surface area contributed by atoms with E-state index in [9.17, 15) is 9.90 Å². The zero-order valence-electron chi connectivity index (χ0n) is 14.8. The lowest BCUT2D eigenvalue weighted by atomic mass is 9.86. The van der Waals surface area contributed by atoms with Crippen LogP contribution in [0.25, 0.3) is 5.69 Å². The monoisotopic (exact) mass is 342 g/mol. The maximum atomic E-state index is 12.4. The van der Waals surface area contributed by atoms with Crippen LogP contribution in [0, 0.1) is 5.41 Å². The fourth-order valence-electron chi connectivity index (χ4n) is 3.51. The molecular weight excluding hydrogens is 316 g/mol. The van der Waals surface area contributed by atoms with Gasteiger partial charge in [0.1, 0.15) is 0 Å². The van der Waals surface area contributed by atoms with Crippen LogP contribution >= 0.6 is 0 Å². The van der Waals surface area contributed by atoms with E-state index in [0.717, 1.165) is 30.5 Å². The lowest BCUT2D eigenvalue weighted by Crippen LogP contribution is -2.49. The van der Waals surface area contributed by atoms with Crippen LogP contribution in [0.5, 0.6) is 0 Å². The summed E-state index contributed by atoms with van der Waals surface area (Å²) in [6.07, 6.45) is 8.26. The molecule has 1 fully saturated rings. The number of urea groups is 1. The number of rotatable bonds is 5. The molecule has 3 unspecified atom stereocenters. The van der Waals surface area contributed by atoms with Crippen molar-refractivity contribution in [2.45, 2.75) is 45.2 Å². The Morgan fingerprint density at radius 3 is 3.08 bits per heavy atom. The number of aliphatic hydroxyl groups is 1. The molecule has 0 radical (unpaired) electrons. The summed E-state index contributed by atoms with van der Waals surface area (Å²) >= 11 is 0. The highest BCUT2D eigenvalue weighted by molar-refractivity contribution is 5.75. The Kier molecular flexibility index (Phi) is 5.08. The Balaban J connectivity index is 1.63. The second-order valence-corrected chi connectivity index (χ2v) is 7.16. The van der Waals surface area contributed by atoms with Crippen molar-refractivity contribution in [1.29, 1.82) is 0 Å². The quantitative estimate of drug-likeness (QED) is 0.782. The van der Waals surface area contributed by atoms with Crippen molar-refractivity contribution in [1.82, 2.24) is 20.2 Å². The fraction of sp³-hybridized carbons (Fsp3) is 0.474. The van der Waals surface area contributed by atoms with Crippen LogP contribution in [0.4, 0.5) is 4.79 Å². The average molecular weight is 342 g/mol. The van der Waals surface area contributed by atoms with Gasteiger partial charge in [-0.15, -0.1) is 0 Å². The second-order valence-electron chi connectivity index (χ2n) is 7.16. The second kappa shape index (κ2) is 7.27. The van der Waals surface area contributed by atoms with Crippen molar-refractivity contribution >= 4 is 6.03 Å². The standard InChI is InChI=1S/C19H26N4O2/c1-14(15-5-3-6-16(11-15)23-10-9-20-13-23)21-18(25)22-17-7-4-8-19(17,2)12-24/h3,5-6,9-11,13-14,17,24H,4,7-8,12H2,1-2H3,(H2,21,22,25). The third-order valence-corrected chi connectivity index (χ3v) is 5.27. The molecular formula is C19H26N4O2. The van der Waals surface area contributed by atoms with Gasteiger partial charge < -0.3 is 20.3 Å². The minimum atomic E-state index is -0.220. The smallest absolute Gasteiger partial charge is 0.315 e. The van der Waals surface area contributed by atoms with Crippen LogP contribution in [0.15, 0.2) is 43.0 Å². The van der Waals surface area contributed by atoms with Gasteiger partial charge in [-0.3, -0.25) is 0 Å². The van der Waals surface area contributed by atoms with E-state index in [0.29, 0.717) is 0 Å². The summed E-state index contributed by atoms with van der Waals surface area (Å²) in [6, 6.07) is 7.72. The summed E-state index contributed by atoms with van der Waals surface area (Å²) in [6.45, 7) is 4.09. The summed E-state index contributed by atoms with van der Waals surface area (Å²) in [5, 5.41) is 15.6. The maximum Gasteiger partial charge on any atom is 0.315 e. The van der Waals surface area contributed by atoms with Gasteiger partial charge in [0, 0.05) is 29.5 Å². The van der Waals surface area contributed by atoms with E-state index in [-0.39, 0.29) is 30.1 Å². The van der Waals surface area contributed by atoms with Gasteiger partial charge in [0.15, 0.2) is 0 Å². The molecule has 3 N–H and O–H groups in total. The molecule has 2 amide bonds. The topological polar surface area (TPSA) is 79.2 Å². The van der Waals surface area contributed by atoms with E-state index < -0.39 is 0 Å². The van der Waals surface area contributed by atoms with Crippen LogP contribution in [0.2, 0.25) is 0 Å². The van der Waals surface area contributed by atoms with Gasteiger partial charge in [-0.05, 0) is 37.5 Å². The molecule has 2 aromatic rings. The largest absolute Gasteiger partial charge is 0.396 e. The number of imidazole rings is 1. The van der Waals surface area contributed by atoms with E-state index in [1.54, 1.807) is 12.5 Å². The SMILES string of the molecule is CC(NC(=O)NC1CCCC1(C)CO)c1cccc(-n2ccnc2)c1. The molecule has 1 aliphatic carbocycles. The molecule has 6 nitrogen and oxygen atoms in total. The summed E-state index contributed by atoms with van der Waals surface area (Å²) in [5.41, 5.74) is 1.81. The predicted octanol–water partition coefficient (Wildman–Crippen LogP) is 2.78. The maximum absolute atomic E-state index is 12.4. The third-order valence-electron chi connectivity index (χ3n) is 5.27.